The van der Waals surface area contributed by atoms with Crippen LogP contribution < -0.4 is 5.73 Å². The lowest BCUT2D eigenvalue weighted by Crippen LogP contribution is -2.53. The second-order valence-corrected chi connectivity index (χ2v) is 8.59. The van der Waals surface area contributed by atoms with E-state index in [-0.39, 0.29) is 11.3 Å². The van der Waals surface area contributed by atoms with Gasteiger partial charge in [0.2, 0.25) is 5.91 Å². The predicted molar refractivity (Wildman–Crippen MR) is 93.2 cm³/mol. The monoisotopic (exact) mass is 325 g/mol. The van der Waals surface area contributed by atoms with Crippen LogP contribution in [0.1, 0.15) is 47.5 Å². The summed E-state index contributed by atoms with van der Waals surface area (Å²) in [5.41, 5.74) is 5.95. The maximum absolute atomic E-state index is 12.5. The van der Waals surface area contributed by atoms with Crippen molar-refractivity contribution in [2.75, 3.05) is 32.7 Å². The number of nitrogens with two attached hydrogens (primary N) is 1. The summed E-state index contributed by atoms with van der Waals surface area (Å²) >= 11 is 0. The number of morpholine rings is 1. The van der Waals surface area contributed by atoms with Crippen molar-refractivity contribution in [1.82, 2.24) is 9.80 Å². The van der Waals surface area contributed by atoms with Gasteiger partial charge in [-0.05, 0) is 38.0 Å². The van der Waals surface area contributed by atoms with Gasteiger partial charge in [0.1, 0.15) is 0 Å². The lowest BCUT2D eigenvalue weighted by atomic mass is 9.86. The second kappa shape index (κ2) is 7.49. The molecule has 0 saturated carbocycles. The predicted octanol–water partition coefficient (Wildman–Crippen LogP) is 1.71. The minimum Gasteiger partial charge on any atom is -0.373 e. The van der Waals surface area contributed by atoms with Gasteiger partial charge in [-0.2, -0.15) is 0 Å². The average molecular weight is 325 g/mol. The molecule has 3 atom stereocenters. The molecule has 2 unspecified atom stereocenters. The van der Waals surface area contributed by atoms with Crippen LogP contribution in [-0.2, 0) is 9.53 Å². The quantitative estimate of drug-likeness (QED) is 0.858. The van der Waals surface area contributed by atoms with Crippen molar-refractivity contribution in [2.45, 2.75) is 65.7 Å². The highest BCUT2D eigenvalue weighted by molar-refractivity contribution is 5.82. The Morgan fingerprint density at radius 3 is 2.17 bits per heavy atom. The summed E-state index contributed by atoms with van der Waals surface area (Å²) in [6.45, 7) is 15.3. The van der Waals surface area contributed by atoms with Gasteiger partial charge in [0.05, 0.1) is 18.2 Å². The molecule has 5 nitrogen and oxygen atoms in total. The Labute approximate surface area is 141 Å². The number of ether oxygens (including phenoxy) is 1. The summed E-state index contributed by atoms with van der Waals surface area (Å²) < 4.78 is 5.80. The van der Waals surface area contributed by atoms with Gasteiger partial charge in [0.25, 0.3) is 0 Å². The Bertz CT molecular complexity index is 390. The Balaban J connectivity index is 1.79. The fourth-order valence-electron chi connectivity index (χ4n) is 3.70. The van der Waals surface area contributed by atoms with E-state index in [9.17, 15) is 4.79 Å². The highest BCUT2D eigenvalue weighted by Gasteiger charge is 2.33. The van der Waals surface area contributed by atoms with E-state index in [0.29, 0.717) is 18.1 Å². The van der Waals surface area contributed by atoms with Gasteiger partial charge in [-0.1, -0.05) is 20.8 Å². The van der Waals surface area contributed by atoms with Crippen molar-refractivity contribution < 1.29 is 9.53 Å². The van der Waals surface area contributed by atoms with Gasteiger partial charge in [-0.3, -0.25) is 9.69 Å². The van der Waals surface area contributed by atoms with Crippen LogP contribution in [0.4, 0.5) is 0 Å². The maximum Gasteiger partial charge on any atom is 0.240 e. The van der Waals surface area contributed by atoms with Gasteiger partial charge in [0.15, 0.2) is 0 Å². The number of carbonyl (C=O) groups excluding carboxylic acids is 1. The largest absolute Gasteiger partial charge is 0.373 e. The van der Waals surface area contributed by atoms with E-state index in [1.165, 1.54) is 0 Å². The molecule has 1 amide bonds. The summed E-state index contributed by atoms with van der Waals surface area (Å²) in [6.07, 6.45) is 2.82. The van der Waals surface area contributed by atoms with Gasteiger partial charge in [-0.25, -0.2) is 0 Å². The van der Waals surface area contributed by atoms with E-state index in [1.807, 2.05) is 25.7 Å². The van der Waals surface area contributed by atoms with Gasteiger partial charge < -0.3 is 15.4 Å². The molecule has 2 aliphatic heterocycles. The number of carbonyl (C=O) groups is 1. The number of amides is 1. The molecule has 2 aliphatic rings. The van der Waals surface area contributed by atoms with Crippen LogP contribution >= 0.6 is 0 Å². The van der Waals surface area contributed by atoms with Crippen molar-refractivity contribution in [3.8, 4) is 0 Å². The number of nitrogens with zero attached hydrogens (tertiary/aromatic N) is 2. The Morgan fingerprint density at radius 1 is 1.17 bits per heavy atom. The summed E-state index contributed by atoms with van der Waals surface area (Å²) in [7, 11) is 0. The number of hydrogen-bond acceptors (Lipinski definition) is 4. The maximum atomic E-state index is 12.5. The highest BCUT2D eigenvalue weighted by Crippen LogP contribution is 2.24. The molecule has 2 heterocycles. The first-order valence-corrected chi connectivity index (χ1v) is 9.09. The summed E-state index contributed by atoms with van der Waals surface area (Å²) in [5, 5.41) is 0. The Kier molecular flexibility index (Phi) is 6.09. The van der Waals surface area contributed by atoms with E-state index < -0.39 is 6.04 Å². The van der Waals surface area contributed by atoms with E-state index in [1.54, 1.807) is 0 Å². The number of piperidine rings is 1. The molecule has 0 radical (unpaired) electrons. The topological polar surface area (TPSA) is 58.8 Å². The van der Waals surface area contributed by atoms with Crippen LogP contribution in [-0.4, -0.2) is 66.7 Å². The molecule has 0 aliphatic carbocycles. The summed E-state index contributed by atoms with van der Waals surface area (Å²) in [5.74, 6) is 0.798. The first-order valence-electron chi connectivity index (χ1n) is 9.09. The lowest BCUT2D eigenvalue weighted by Gasteiger charge is -2.40. The van der Waals surface area contributed by atoms with E-state index in [4.69, 9.17) is 10.5 Å². The fourth-order valence-corrected chi connectivity index (χ4v) is 3.70. The van der Waals surface area contributed by atoms with Gasteiger partial charge in [-0.15, -0.1) is 0 Å². The second-order valence-electron chi connectivity index (χ2n) is 8.59. The minimum atomic E-state index is -0.403. The molecular formula is C18H35N3O2. The van der Waals surface area contributed by atoms with Crippen molar-refractivity contribution >= 4 is 5.91 Å². The molecule has 5 heteroatoms. The van der Waals surface area contributed by atoms with Crippen LogP contribution in [0.3, 0.4) is 0 Å². The smallest absolute Gasteiger partial charge is 0.240 e. The van der Waals surface area contributed by atoms with Gasteiger partial charge in [0, 0.05) is 32.7 Å². The zero-order chi connectivity index (χ0) is 17.2. The third kappa shape index (κ3) is 5.16. The number of rotatable bonds is 3. The first kappa shape index (κ1) is 18.7. The molecule has 2 rings (SSSR count). The van der Waals surface area contributed by atoms with E-state index >= 15 is 0 Å². The van der Waals surface area contributed by atoms with Crippen LogP contribution in [0, 0.1) is 11.3 Å². The van der Waals surface area contributed by atoms with Crippen molar-refractivity contribution in [3.63, 3.8) is 0 Å². The minimum absolute atomic E-state index is 0.115. The number of hydrogen-bond donors (Lipinski definition) is 1. The Hall–Kier alpha value is -0.650. The normalized spacial score (nSPS) is 29.6. The molecule has 0 bridgehead atoms. The highest BCUT2D eigenvalue weighted by atomic mass is 16.5. The molecule has 0 spiro atoms. The standard InChI is InChI=1S/C18H35N3O2/c1-13-10-20(11-14(2)23-13)12-15-6-8-21(9-7-15)17(22)16(19)18(3,4)5/h13-16H,6-12,19H2,1-5H3/t13?,14?,16-/m1/s1. The molecule has 0 aromatic carbocycles. The van der Waals surface area contributed by atoms with Crippen LogP contribution in [0.2, 0.25) is 0 Å². The van der Waals surface area contributed by atoms with Crippen LogP contribution in [0.25, 0.3) is 0 Å². The number of likely N-dealkylation sites (tertiary alicyclic amines) is 1. The average Bonchev–Trinajstić information content (AvgIpc) is 2.44. The molecule has 0 aromatic heterocycles. The zero-order valence-corrected chi connectivity index (χ0v) is 15.5. The van der Waals surface area contributed by atoms with Crippen LogP contribution in [0.5, 0.6) is 0 Å². The fraction of sp³-hybridized carbons (Fsp3) is 0.944. The molecule has 2 N–H and O–H groups in total. The summed E-state index contributed by atoms with van der Waals surface area (Å²) in [4.78, 5) is 17.0. The lowest BCUT2D eigenvalue weighted by molar-refractivity contribution is -0.136. The molecule has 2 fully saturated rings. The van der Waals surface area contributed by atoms with Crippen LogP contribution in [0.15, 0.2) is 0 Å². The molecule has 23 heavy (non-hydrogen) atoms. The SMILES string of the molecule is CC1CN(CC2CCN(C(=O)[C@@H](N)C(C)(C)C)CC2)CC(C)O1. The molecule has 134 valence electrons. The zero-order valence-electron chi connectivity index (χ0n) is 15.5. The van der Waals surface area contributed by atoms with E-state index in [0.717, 1.165) is 45.6 Å². The van der Waals surface area contributed by atoms with Crippen molar-refractivity contribution in [3.05, 3.63) is 0 Å². The third-order valence-corrected chi connectivity index (χ3v) is 5.14. The van der Waals surface area contributed by atoms with Gasteiger partial charge >= 0.3 is 0 Å². The van der Waals surface area contributed by atoms with Crippen molar-refractivity contribution in [2.24, 2.45) is 17.1 Å². The summed E-state index contributed by atoms with van der Waals surface area (Å²) in [6, 6.07) is -0.403. The van der Waals surface area contributed by atoms with E-state index in [2.05, 4.69) is 18.7 Å². The molecule has 0 aromatic rings. The molecular weight excluding hydrogens is 290 g/mol. The Morgan fingerprint density at radius 2 is 1.70 bits per heavy atom. The van der Waals surface area contributed by atoms with Crippen molar-refractivity contribution in [1.29, 1.82) is 0 Å². The molecule has 2 saturated heterocycles. The third-order valence-electron chi connectivity index (χ3n) is 5.14. The first-order chi connectivity index (χ1) is 10.7.